The first kappa shape index (κ1) is 36.7. The summed E-state index contributed by atoms with van der Waals surface area (Å²) in [6.45, 7) is 17.8. The van der Waals surface area contributed by atoms with E-state index in [4.69, 9.17) is 23.8 Å². The van der Waals surface area contributed by atoms with E-state index in [-0.39, 0.29) is 36.2 Å². The molecular formula is C45H52BN3O5S. The molecule has 5 unspecified atom stereocenters. The number of amides is 1. The molecule has 286 valence electrons. The van der Waals surface area contributed by atoms with Gasteiger partial charge >= 0.3 is 13.2 Å². The van der Waals surface area contributed by atoms with E-state index in [1.54, 1.807) is 0 Å². The van der Waals surface area contributed by atoms with Gasteiger partial charge in [-0.15, -0.1) is 11.3 Å². The number of carbonyl (C=O) groups is 1. The van der Waals surface area contributed by atoms with Crippen molar-refractivity contribution >= 4 is 57.5 Å². The Morgan fingerprint density at radius 3 is 2.56 bits per heavy atom. The molecule has 0 radical (unpaired) electrons. The van der Waals surface area contributed by atoms with Gasteiger partial charge in [-0.2, -0.15) is 0 Å². The van der Waals surface area contributed by atoms with Crippen molar-refractivity contribution in [3.05, 3.63) is 93.9 Å². The maximum absolute atomic E-state index is 13.1. The zero-order valence-electron chi connectivity index (χ0n) is 33.3. The summed E-state index contributed by atoms with van der Waals surface area (Å²) in [5, 5.41) is 4.86. The van der Waals surface area contributed by atoms with Crippen LogP contribution < -0.4 is 15.5 Å². The van der Waals surface area contributed by atoms with Gasteiger partial charge in [-0.05, 0) is 119 Å². The number of nitrogens with one attached hydrogen (secondary N) is 1. The molecule has 4 aromatic rings. The minimum absolute atomic E-state index is 0.0430. The highest BCUT2D eigenvalue weighted by atomic mass is 32.1. The molecule has 5 aliphatic rings. The Kier molecular flexibility index (Phi) is 8.88. The van der Waals surface area contributed by atoms with E-state index in [1.807, 2.05) is 37.0 Å². The van der Waals surface area contributed by atoms with Crippen molar-refractivity contribution in [1.29, 1.82) is 0 Å². The number of rotatable bonds is 4. The number of carbonyl (C=O) groups excluding carboxylic acids is 1. The second-order valence-corrected chi connectivity index (χ2v) is 19.1. The van der Waals surface area contributed by atoms with Gasteiger partial charge in [0.2, 0.25) is 0 Å². The van der Waals surface area contributed by atoms with Crippen LogP contribution in [0.15, 0.2) is 71.7 Å². The first-order valence-electron chi connectivity index (χ1n) is 19.9. The van der Waals surface area contributed by atoms with Gasteiger partial charge in [-0.1, -0.05) is 61.5 Å². The number of benzene rings is 3. The minimum Gasteiger partial charge on any atom is -0.484 e. The Morgan fingerprint density at radius 2 is 1.80 bits per heavy atom. The Hall–Kier alpha value is -3.96. The molecular weight excluding hydrogens is 705 g/mol. The van der Waals surface area contributed by atoms with Crippen LogP contribution in [-0.2, 0) is 14.0 Å². The van der Waals surface area contributed by atoms with Gasteiger partial charge in [0.25, 0.3) is 0 Å². The molecule has 8 nitrogen and oxygen atoms in total. The number of nitrogens with zero attached hydrogens (tertiary/aromatic N) is 2. The largest absolute Gasteiger partial charge is 0.494 e. The molecule has 2 fully saturated rings. The smallest absolute Gasteiger partial charge is 0.484 e. The highest BCUT2D eigenvalue weighted by molar-refractivity contribution is 7.19. The summed E-state index contributed by atoms with van der Waals surface area (Å²) in [5.41, 5.74) is 6.61. The van der Waals surface area contributed by atoms with E-state index in [1.165, 1.54) is 31.7 Å². The fourth-order valence-electron chi connectivity index (χ4n) is 8.95. The molecule has 0 spiro atoms. The summed E-state index contributed by atoms with van der Waals surface area (Å²) >= 11 is 1.84. The van der Waals surface area contributed by atoms with E-state index in [0.29, 0.717) is 13.1 Å². The molecule has 1 aromatic heterocycles. The number of hydrogen-bond acceptors (Lipinski definition) is 8. The summed E-state index contributed by atoms with van der Waals surface area (Å²) in [5.74, 6) is 1.31. The molecule has 3 aromatic carbocycles. The van der Waals surface area contributed by atoms with Crippen LogP contribution in [0.4, 0.5) is 4.79 Å². The SMILES string of the molecule is CC1c2ccc(B3OC(C)(C)C(C)(C)O3)cc2C=C2CC1C(c1cc3ccccc3s1)Oc1cc(C3=NC(C4CCCN4C(=O)OC(C)(C)C)NC3)ccc12. The quantitative estimate of drug-likeness (QED) is 0.209. The molecule has 0 saturated carbocycles. The van der Waals surface area contributed by atoms with Crippen molar-refractivity contribution in [1.82, 2.24) is 10.2 Å². The summed E-state index contributed by atoms with van der Waals surface area (Å²) in [7, 11) is -0.427. The molecule has 55 heavy (non-hydrogen) atoms. The van der Waals surface area contributed by atoms with Gasteiger partial charge in [-0.3, -0.25) is 10.3 Å². The molecule has 2 saturated heterocycles. The molecule has 5 atom stereocenters. The lowest BCUT2D eigenvalue weighted by molar-refractivity contribution is 0.00578. The van der Waals surface area contributed by atoms with Crippen LogP contribution >= 0.6 is 11.3 Å². The van der Waals surface area contributed by atoms with E-state index in [0.717, 1.165) is 47.3 Å². The molecule has 4 aliphatic heterocycles. The average Bonchev–Trinajstić information content (AvgIpc) is 3.91. The minimum atomic E-state index is -0.542. The number of thiophene rings is 1. The topological polar surface area (TPSA) is 81.6 Å². The zero-order valence-corrected chi connectivity index (χ0v) is 34.1. The normalized spacial score (nSPS) is 26.8. The summed E-state index contributed by atoms with van der Waals surface area (Å²) < 4.78 is 27.3. The molecule has 10 heteroatoms. The lowest BCUT2D eigenvalue weighted by atomic mass is 9.75. The fourth-order valence-corrected chi connectivity index (χ4v) is 10.1. The van der Waals surface area contributed by atoms with Gasteiger partial charge < -0.3 is 23.7 Å². The maximum atomic E-state index is 13.1. The first-order chi connectivity index (χ1) is 26.1. The van der Waals surface area contributed by atoms with E-state index in [2.05, 4.69) is 113 Å². The number of ether oxygens (including phenoxy) is 2. The molecule has 1 aliphatic carbocycles. The number of likely N-dealkylation sites (tertiary alicyclic amines) is 1. The van der Waals surface area contributed by atoms with Crippen molar-refractivity contribution in [2.24, 2.45) is 10.9 Å². The zero-order chi connectivity index (χ0) is 38.4. The van der Waals surface area contributed by atoms with E-state index < -0.39 is 23.9 Å². The van der Waals surface area contributed by atoms with Gasteiger partial charge in [0.05, 0.1) is 23.0 Å². The summed E-state index contributed by atoms with van der Waals surface area (Å²) in [4.78, 5) is 21.4. The third-order valence-corrected chi connectivity index (χ3v) is 13.8. The standard InChI is InChI=1S/C45H52BN3O5S/c1-26-32-18-16-31(46-53-44(5,6)45(7,8)54-46)21-29(32)20-30-22-34(26)40(39-24-28-12-9-10-14-38(28)55-39)51-37-23-27(15-17-33(30)37)35-25-47-41(48-35)36-13-11-19-49(36)42(50)52-43(2,3)4/h9-10,12,14-18,20-21,23-24,26,34,36,40-41,47H,11,13,19,22,25H2,1-8H3. The first-order valence-corrected chi connectivity index (χ1v) is 20.8. The Labute approximate surface area is 329 Å². The van der Waals surface area contributed by atoms with Crippen LogP contribution in [0.25, 0.3) is 21.7 Å². The second-order valence-electron chi connectivity index (χ2n) is 18.0. The lowest BCUT2D eigenvalue weighted by Crippen LogP contribution is -2.48. The van der Waals surface area contributed by atoms with E-state index >= 15 is 0 Å². The number of hydrogen-bond donors (Lipinski definition) is 1. The predicted octanol–water partition coefficient (Wildman–Crippen LogP) is 9.12. The van der Waals surface area contributed by atoms with Crippen LogP contribution in [0.1, 0.15) is 114 Å². The summed E-state index contributed by atoms with van der Waals surface area (Å²) in [6.07, 6.45) is 4.51. The van der Waals surface area contributed by atoms with Gasteiger partial charge in [0.15, 0.2) is 0 Å². The Bertz CT molecular complexity index is 2190. The van der Waals surface area contributed by atoms with Crippen LogP contribution in [0, 0.1) is 5.92 Å². The van der Waals surface area contributed by atoms with Crippen molar-refractivity contribution in [3.63, 3.8) is 0 Å². The predicted molar refractivity (Wildman–Crippen MR) is 222 cm³/mol. The monoisotopic (exact) mass is 757 g/mol. The van der Waals surface area contributed by atoms with Gasteiger partial charge in [0.1, 0.15) is 23.6 Å². The maximum Gasteiger partial charge on any atom is 0.494 e. The highest BCUT2D eigenvalue weighted by Gasteiger charge is 2.52. The molecule has 9 rings (SSSR count). The van der Waals surface area contributed by atoms with E-state index in [9.17, 15) is 4.79 Å². The third-order valence-electron chi connectivity index (χ3n) is 12.6. The number of aliphatic imine (C=N–C) groups is 1. The number of fused-ring (bicyclic) bond motifs is 6. The van der Waals surface area contributed by atoms with Gasteiger partial charge in [-0.25, -0.2) is 4.79 Å². The number of allylic oxidation sites excluding steroid dienone is 1. The van der Waals surface area contributed by atoms with Crippen LogP contribution in [0.3, 0.4) is 0 Å². The van der Waals surface area contributed by atoms with Crippen molar-refractivity contribution in [2.45, 2.75) is 116 Å². The Morgan fingerprint density at radius 1 is 1.02 bits per heavy atom. The van der Waals surface area contributed by atoms with Crippen LogP contribution in [0.5, 0.6) is 5.75 Å². The third kappa shape index (κ3) is 6.63. The Balaban J connectivity index is 1.09. The van der Waals surface area contributed by atoms with Crippen LogP contribution in [-0.4, -0.2) is 65.9 Å². The second kappa shape index (κ2) is 13.3. The highest BCUT2D eigenvalue weighted by Crippen LogP contribution is 2.52. The fraction of sp³-hybridized carbons (Fsp3) is 0.467. The van der Waals surface area contributed by atoms with Crippen molar-refractivity contribution in [2.75, 3.05) is 13.1 Å². The molecule has 2 bridgehead atoms. The van der Waals surface area contributed by atoms with Crippen molar-refractivity contribution < 1.29 is 23.6 Å². The molecule has 1 amide bonds. The van der Waals surface area contributed by atoms with Crippen molar-refractivity contribution in [3.8, 4) is 5.75 Å². The summed E-state index contributed by atoms with van der Waals surface area (Å²) in [6, 6.07) is 24.3. The average molecular weight is 758 g/mol. The molecule has 1 N–H and O–H groups in total. The lowest BCUT2D eigenvalue weighted by Gasteiger charge is -2.32. The van der Waals surface area contributed by atoms with Gasteiger partial charge in [0, 0.05) is 39.7 Å². The molecule has 5 heterocycles. The van der Waals surface area contributed by atoms with Crippen LogP contribution in [0.2, 0.25) is 0 Å².